The first-order valence-corrected chi connectivity index (χ1v) is 11.7. The van der Waals surface area contributed by atoms with Gasteiger partial charge in [0, 0.05) is 39.9 Å². The fourth-order valence-electron chi connectivity index (χ4n) is 4.32. The summed E-state index contributed by atoms with van der Waals surface area (Å²) < 4.78 is 6.40. The Hall–Kier alpha value is -4.92. The summed E-state index contributed by atoms with van der Waals surface area (Å²) in [5.74, 6) is -2.07. The highest BCUT2D eigenvalue weighted by Gasteiger charge is 2.29. The lowest BCUT2D eigenvalue weighted by Gasteiger charge is -2.18. The van der Waals surface area contributed by atoms with Crippen molar-refractivity contribution in [1.82, 2.24) is 9.78 Å². The first kappa shape index (κ1) is 23.8. The number of nitrogens with zero attached hydrogens (tertiary/aromatic N) is 2. The summed E-state index contributed by atoms with van der Waals surface area (Å²) in [5, 5.41) is 7.41. The Kier molecular flexibility index (Phi) is 6.19. The maximum atomic E-state index is 12.9. The Morgan fingerprint density at radius 1 is 0.838 bits per heavy atom. The highest BCUT2D eigenvalue weighted by atomic mass is 16.5. The topological polar surface area (TPSA) is 124 Å². The number of nitrogens with one attached hydrogen (secondary N) is 1. The van der Waals surface area contributed by atoms with Crippen LogP contribution in [0, 0.1) is 0 Å². The van der Waals surface area contributed by atoms with Crippen LogP contribution in [0.15, 0.2) is 71.5 Å². The fraction of sp³-hybridized carbons (Fsp3) is 0.143. The Morgan fingerprint density at radius 3 is 2.16 bits per heavy atom. The van der Waals surface area contributed by atoms with Gasteiger partial charge in [0.1, 0.15) is 0 Å². The molecule has 1 amide bonds. The van der Waals surface area contributed by atoms with E-state index < -0.39 is 18.5 Å². The third kappa shape index (κ3) is 4.31. The van der Waals surface area contributed by atoms with Gasteiger partial charge in [-0.25, -0.2) is 9.48 Å². The Balaban J connectivity index is 1.32. The number of aromatic nitrogens is 2. The van der Waals surface area contributed by atoms with Crippen LogP contribution in [0.5, 0.6) is 0 Å². The first-order valence-electron chi connectivity index (χ1n) is 11.7. The number of rotatable bonds is 6. The van der Waals surface area contributed by atoms with Crippen molar-refractivity contribution >= 4 is 39.9 Å². The zero-order valence-corrected chi connectivity index (χ0v) is 19.8. The lowest BCUT2D eigenvalue weighted by Crippen LogP contribution is -2.27. The summed E-state index contributed by atoms with van der Waals surface area (Å²) in [5.41, 5.74) is 1.00. The van der Waals surface area contributed by atoms with Crippen LogP contribution >= 0.6 is 0 Å². The number of hydrogen-bond donors (Lipinski definition) is 1. The molecule has 0 aliphatic heterocycles. The van der Waals surface area contributed by atoms with Crippen LogP contribution in [0.4, 0.5) is 5.69 Å². The van der Waals surface area contributed by atoms with E-state index in [-0.39, 0.29) is 39.6 Å². The van der Waals surface area contributed by atoms with Gasteiger partial charge in [-0.05, 0) is 30.7 Å². The van der Waals surface area contributed by atoms with Gasteiger partial charge in [0.2, 0.25) is 0 Å². The molecule has 0 atom stereocenters. The quantitative estimate of drug-likeness (QED) is 0.358. The molecule has 1 N–H and O–H groups in total. The molecule has 0 saturated heterocycles. The van der Waals surface area contributed by atoms with E-state index in [0.29, 0.717) is 34.9 Å². The second-order valence-corrected chi connectivity index (χ2v) is 8.51. The third-order valence-electron chi connectivity index (χ3n) is 6.04. The fourth-order valence-corrected chi connectivity index (χ4v) is 4.32. The molecule has 3 aromatic carbocycles. The highest BCUT2D eigenvalue weighted by Crippen LogP contribution is 2.29. The standard InChI is InChI=1S/C28H21N3O6/c1-2-13-31-27(35)21-10-6-3-7-17(21)24(30-31)28(36)37-15-23(32)29-16-11-12-20-22(14-16)26(34)19-9-5-4-8-18(19)25(20)33/h3-12,14H,2,13,15H2,1H3,(H,29,32). The molecule has 0 saturated carbocycles. The number of aryl methyl sites for hydroxylation is 1. The smallest absolute Gasteiger partial charge is 0.359 e. The van der Waals surface area contributed by atoms with Gasteiger partial charge >= 0.3 is 5.97 Å². The minimum absolute atomic E-state index is 0.0620. The maximum Gasteiger partial charge on any atom is 0.359 e. The molecule has 0 radical (unpaired) electrons. The SMILES string of the molecule is CCCn1nc(C(=O)OCC(=O)Nc2ccc3c(c2)C(=O)c2ccccc2C3=O)c2ccccc2c1=O. The van der Waals surface area contributed by atoms with Gasteiger partial charge in [-0.3, -0.25) is 19.2 Å². The third-order valence-corrected chi connectivity index (χ3v) is 6.04. The Labute approximate surface area is 210 Å². The van der Waals surface area contributed by atoms with E-state index in [1.54, 1.807) is 48.5 Å². The number of carbonyl (C=O) groups excluding carboxylic acids is 4. The van der Waals surface area contributed by atoms with Crippen molar-refractivity contribution < 1.29 is 23.9 Å². The Bertz CT molecular complexity index is 1670. The molecule has 0 unspecified atom stereocenters. The molecule has 1 aliphatic carbocycles. The number of hydrogen-bond acceptors (Lipinski definition) is 7. The number of esters is 1. The minimum atomic E-state index is -0.848. The second kappa shape index (κ2) is 9.62. The molecule has 5 rings (SSSR count). The lowest BCUT2D eigenvalue weighted by molar-refractivity contribution is -0.119. The molecule has 9 nitrogen and oxygen atoms in total. The van der Waals surface area contributed by atoms with Crippen molar-refractivity contribution in [2.75, 3.05) is 11.9 Å². The van der Waals surface area contributed by atoms with Gasteiger partial charge in [-0.2, -0.15) is 5.10 Å². The first-order chi connectivity index (χ1) is 17.9. The largest absolute Gasteiger partial charge is 0.451 e. The van der Waals surface area contributed by atoms with Crippen LogP contribution in [0.25, 0.3) is 10.8 Å². The molecule has 1 aromatic heterocycles. The summed E-state index contributed by atoms with van der Waals surface area (Å²) in [6.07, 6.45) is 0.641. The summed E-state index contributed by atoms with van der Waals surface area (Å²) in [7, 11) is 0. The van der Waals surface area contributed by atoms with E-state index in [2.05, 4.69) is 10.4 Å². The van der Waals surface area contributed by atoms with E-state index in [9.17, 15) is 24.0 Å². The summed E-state index contributed by atoms with van der Waals surface area (Å²) in [6.45, 7) is 1.59. The molecular formula is C28H21N3O6. The van der Waals surface area contributed by atoms with Gasteiger partial charge in [-0.15, -0.1) is 0 Å². The van der Waals surface area contributed by atoms with Crippen molar-refractivity contribution in [3.63, 3.8) is 0 Å². The number of carbonyl (C=O) groups is 4. The molecule has 0 bridgehead atoms. The predicted octanol–water partition coefficient (Wildman–Crippen LogP) is 3.38. The van der Waals surface area contributed by atoms with Gasteiger partial charge in [0.05, 0.1) is 5.39 Å². The van der Waals surface area contributed by atoms with E-state index in [0.717, 1.165) is 0 Å². The molecule has 0 fully saturated rings. The van der Waals surface area contributed by atoms with E-state index in [4.69, 9.17) is 4.74 Å². The number of amides is 1. The van der Waals surface area contributed by atoms with Gasteiger partial charge in [0.15, 0.2) is 23.9 Å². The zero-order valence-electron chi connectivity index (χ0n) is 19.8. The highest BCUT2D eigenvalue weighted by molar-refractivity contribution is 6.28. The average Bonchev–Trinajstić information content (AvgIpc) is 2.92. The number of ether oxygens (including phenoxy) is 1. The second-order valence-electron chi connectivity index (χ2n) is 8.51. The summed E-state index contributed by atoms with van der Waals surface area (Å²) >= 11 is 0. The maximum absolute atomic E-state index is 12.9. The van der Waals surface area contributed by atoms with Gasteiger partial charge in [0.25, 0.3) is 11.5 Å². The molecule has 9 heteroatoms. The van der Waals surface area contributed by atoms with Crippen molar-refractivity contribution in [3.05, 3.63) is 105 Å². The molecule has 4 aromatic rings. The van der Waals surface area contributed by atoms with Crippen molar-refractivity contribution in [1.29, 1.82) is 0 Å². The minimum Gasteiger partial charge on any atom is -0.451 e. The van der Waals surface area contributed by atoms with Crippen LogP contribution in [0.2, 0.25) is 0 Å². The zero-order chi connectivity index (χ0) is 26.1. The predicted molar refractivity (Wildman–Crippen MR) is 135 cm³/mol. The van der Waals surface area contributed by atoms with Crippen molar-refractivity contribution in [2.24, 2.45) is 0 Å². The molecular weight excluding hydrogens is 474 g/mol. The molecule has 1 heterocycles. The van der Waals surface area contributed by atoms with Crippen molar-refractivity contribution in [3.8, 4) is 0 Å². The van der Waals surface area contributed by atoms with E-state index >= 15 is 0 Å². The lowest BCUT2D eigenvalue weighted by atomic mass is 9.84. The molecule has 37 heavy (non-hydrogen) atoms. The Morgan fingerprint density at radius 2 is 1.46 bits per heavy atom. The number of fused-ring (bicyclic) bond motifs is 3. The van der Waals surface area contributed by atoms with Crippen LogP contribution in [0.1, 0.15) is 55.7 Å². The summed E-state index contributed by atoms with van der Waals surface area (Å²) in [4.78, 5) is 63.6. The van der Waals surface area contributed by atoms with Crippen LogP contribution in [-0.4, -0.2) is 39.8 Å². The monoisotopic (exact) mass is 495 g/mol. The van der Waals surface area contributed by atoms with E-state index in [1.807, 2.05) is 6.92 Å². The van der Waals surface area contributed by atoms with Crippen LogP contribution in [0.3, 0.4) is 0 Å². The van der Waals surface area contributed by atoms with E-state index in [1.165, 1.54) is 22.9 Å². The number of benzene rings is 3. The normalized spacial score (nSPS) is 12.1. The van der Waals surface area contributed by atoms with Crippen molar-refractivity contribution in [2.45, 2.75) is 19.9 Å². The number of anilines is 1. The molecule has 0 spiro atoms. The van der Waals surface area contributed by atoms with Gasteiger partial charge in [-0.1, -0.05) is 49.4 Å². The molecule has 184 valence electrons. The van der Waals surface area contributed by atoms with Crippen LogP contribution in [-0.2, 0) is 16.1 Å². The summed E-state index contributed by atoms with van der Waals surface area (Å²) in [6, 6.07) is 17.6. The average molecular weight is 495 g/mol. The molecule has 1 aliphatic rings. The van der Waals surface area contributed by atoms with Gasteiger partial charge < -0.3 is 10.1 Å². The number of ketones is 2. The van der Waals surface area contributed by atoms with Crippen LogP contribution < -0.4 is 10.9 Å².